The third-order valence-corrected chi connectivity index (χ3v) is 9.26. The van der Waals surface area contributed by atoms with Crippen molar-refractivity contribution in [3.8, 4) is 0 Å². The Morgan fingerprint density at radius 2 is 1.03 bits per heavy atom. The second kappa shape index (κ2) is 25.9. The topological polar surface area (TPSA) is 403 Å². The maximum Gasteiger partial charge on any atom is 0.336 e. The molecule has 2 fully saturated rings. The number of likely N-dealkylation sites (N-methyl/N-ethyl adjacent to an activating group) is 2. The number of carbonyl (C=O) groups is 8. The molecule has 388 valence electrons. The highest BCUT2D eigenvalue weighted by Gasteiger charge is 2.42. The van der Waals surface area contributed by atoms with E-state index < -0.39 is 212 Å². The fourth-order valence-corrected chi connectivity index (χ4v) is 5.85. The number of anilines is 2. The number of aromatic amines is 2. The first-order valence-corrected chi connectivity index (χ1v) is 19.7. The SMILES string of the molecule is O=C(O)CC(O)(CC(=O)O)C(=O)O.O=C(O)CC(O)(CC(=O)O)C(=O)O.[2H]c1nc(N(C([2H])([2H])[2H])[C@@]2([2H])C([2H])([2H])N(C(=O)C[N+]#[C-])CC[C@@]2([2H])C([2H])([2H])[2H])c2cc[nH]c2n1.[2H]c1nc(N(C([2H])([2H])[2H])[C@@]2([2H])C([2H])([2H])N(C(=O)C[N+]#[C-])CC[C@@]2([2H])C([2H])([2H])[2H])c2cc[nH]c2n1. The van der Waals surface area contributed by atoms with E-state index in [1.807, 2.05) is 0 Å². The minimum Gasteiger partial charge on any atom is -0.481 e. The summed E-state index contributed by atoms with van der Waals surface area (Å²) in [5.74, 6) is -19.7. The van der Waals surface area contributed by atoms with E-state index in [2.05, 4.69) is 39.6 Å². The molecule has 10 N–H and O–H groups in total. The van der Waals surface area contributed by atoms with E-state index in [-0.39, 0.29) is 31.9 Å². The van der Waals surface area contributed by atoms with E-state index in [0.717, 1.165) is 0 Å². The van der Waals surface area contributed by atoms with Gasteiger partial charge in [0.2, 0.25) is 0 Å². The van der Waals surface area contributed by atoms with Crippen LogP contribution in [0.4, 0.5) is 11.6 Å². The molecule has 0 spiro atoms. The summed E-state index contributed by atoms with van der Waals surface area (Å²) < 4.78 is 183. The van der Waals surface area contributed by atoms with Gasteiger partial charge in [-0.2, -0.15) is 0 Å². The number of hydrogen-bond acceptors (Lipinski definition) is 16. The predicted molar refractivity (Wildman–Crippen MR) is 250 cm³/mol. The molecule has 6 heterocycles. The molecule has 0 aromatic carbocycles. The molecular weight excluding hydrogens is 953 g/mol. The number of rotatable bonds is 16. The second-order valence-corrected chi connectivity index (χ2v) is 14.5. The lowest BCUT2D eigenvalue weighted by atomic mass is 9.92. The molecule has 4 aromatic heterocycles. The average Bonchev–Trinajstić information content (AvgIpc) is 0.715. The van der Waals surface area contributed by atoms with Crippen molar-refractivity contribution in [2.45, 2.75) is 75.5 Å². The Labute approximate surface area is 441 Å². The number of nitrogens with one attached hydrogen (secondary N) is 2. The first-order valence-electron chi connectivity index (χ1n) is 30.7. The van der Waals surface area contributed by atoms with Crippen LogP contribution in [-0.4, -0.2) is 205 Å². The molecule has 2 aliphatic heterocycles. The summed E-state index contributed by atoms with van der Waals surface area (Å²) >= 11 is 0. The molecule has 4 aromatic rings. The molecule has 0 aliphatic carbocycles. The lowest BCUT2D eigenvalue weighted by molar-refractivity contribution is -0.170. The summed E-state index contributed by atoms with van der Waals surface area (Å²) in [4.78, 5) is 113. The Morgan fingerprint density at radius 1 is 0.681 bits per heavy atom. The molecule has 6 rings (SSSR count). The minimum absolute atomic E-state index is 0.0328. The van der Waals surface area contributed by atoms with Crippen LogP contribution in [0.15, 0.2) is 37.1 Å². The van der Waals surface area contributed by atoms with Crippen LogP contribution in [-0.2, 0) is 38.4 Å². The summed E-state index contributed by atoms with van der Waals surface area (Å²) in [6.45, 7) is -9.56. The van der Waals surface area contributed by atoms with E-state index in [1.165, 1.54) is 24.5 Å². The fourth-order valence-electron chi connectivity index (χ4n) is 5.85. The Bertz CT molecular complexity index is 3390. The van der Waals surface area contributed by atoms with Crippen molar-refractivity contribution >= 4 is 81.3 Å². The standard InChI is InChI=1S/2C16H20N6O.2C6H8O7/c2*1-11-5-7-22(14(23)8-17-2)9-13(11)21(3)16-12-4-6-18-15(12)19-10-20-16;2*7-3(8)1-6(13,5(11)12)2-4(9)10/h2*4,6,10-11,13H,5,7-9H2,1,3H3,(H,18,19,20);2*13H,1-2H2,(H,7,8)(H,9,10)(H,11,12)/t2*11-,13+;;/m11../s1/i2*1D3,3D3,9D2,10D,11D,13D;;. The third-order valence-electron chi connectivity index (χ3n) is 9.26. The lowest BCUT2D eigenvalue weighted by Gasteiger charge is -2.41. The van der Waals surface area contributed by atoms with Gasteiger partial charge in [0.25, 0.3) is 13.1 Å². The van der Waals surface area contributed by atoms with Crippen LogP contribution in [0.3, 0.4) is 0 Å². The Hall–Kier alpha value is -8.50. The van der Waals surface area contributed by atoms with Gasteiger partial charge in [0, 0.05) is 71.6 Å². The molecule has 4 atom stereocenters. The minimum atomic E-state index is -3.50. The van der Waals surface area contributed by atoms with Gasteiger partial charge in [0.15, 0.2) is 11.2 Å². The van der Waals surface area contributed by atoms with Crippen molar-refractivity contribution in [3.63, 3.8) is 0 Å². The van der Waals surface area contributed by atoms with Gasteiger partial charge in [0.05, 0.1) is 56.7 Å². The van der Waals surface area contributed by atoms with Crippen molar-refractivity contribution < 1.29 is 109 Å². The van der Waals surface area contributed by atoms with E-state index in [1.54, 1.807) is 0 Å². The van der Waals surface area contributed by atoms with Crippen LogP contribution in [0, 0.1) is 24.9 Å². The van der Waals surface area contributed by atoms with Crippen LogP contribution >= 0.6 is 0 Å². The smallest absolute Gasteiger partial charge is 0.336 e. The molecule has 28 nitrogen and oxygen atoms in total. The zero-order valence-corrected chi connectivity index (χ0v) is 36.7. The number of aliphatic carboxylic acids is 6. The number of piperidine rings is 2. The first-order chi connectivity index (χ1) is 42.4. The van der Waals surface area contributed by atoms with Gasteiger partial charge in [-0.25, -0.2) is 42.7 Å². The molecular formula is C44H56N12O16. The number of aliphatic hydroxyl groups is 2. The van der Waals surface area contributed by atoms with Crippen molar-refractivity contribution in [1.29, 1.82) is 0 Å². The van der Waals surface area contributed by atoms with E-state index in [9.17, 15) is 41.1 Å². The van der Waals surface area contributed by atoms with Crippen LogP contribution < -0.4 is 9.80 Å². The number of hydrogen-bond donors (Lipinski definition) is 10. The number of H-pyrrole nitrogens is 2. The van der Waals surface area contributed by atoms with E-state index in [0.29, 0.717) is 9.80 Å². The van der Waals surface area contributed by atoms with E-state index in [4.69, 9.17) is 81.4 Å². The predicted octanol–water partition coefficient (Wildman–Crippen LogP) is 0.604. The monoisotopic (exact) mass is 1030 g/mol. The molecule has 72 heavy (non-hydrogen) atoms. The van der Waals surface area contributed by atoms with Crippen molar-refractivity contribution in [3.05, 3.63) is 60.0 Å². The fraction of sp³-hybridized carbons (Fsp3) is 0.500. The molecule has 0 bridgehead atoms. The summed E-state index contributed by atoms with van der Waals surface area (Å²) in [5.41, 5.74) is -5.54. The van der Waals surface area contributed by atoms with Crippen molar-refractivity contribution in [2.24, 2.45) is 11.8 Å². The van der Waals surface area contributed by atoms with E-state index >= 15 is 0 Å². The Morgan fingerprint density at radius 3 is 1.31 bits per heavy atom. The maximum atomic E-state index is 12.6. The van der Waals surface area contributed by atoms with Crippen molar-refractivity contribution in [1.82, 2.24) is 39.7 Å². The molecule has 0 saturated carbocycles. The number of carboxylic acid groups (broad SMARTS) is 6. The molecule has 2 amide bonds. The normalized spacial score (nSPS) is 28.1. The number of nitrogens with zero attached hydrogens (tertiary/aromatic N) is 10. The van der Waals surface area contributed by atoms with Crippen LogP contribution in [0.25, 0.3) is 31.8 Å². The van der Waals surface area contributed by atoms with Crippen molar-refractivity contribution in [2.75, 3.05) is 62.9 Å². The highest BCUT2D eigenvalue weighted by molar-refractivity contribution is 5.90. The number of amides is 2. The number of aromatic nitrogens is 6. The van der Waals surface area contributed by atoms with Gasteiger partial charge in [-0.3, -0.25) is 28.8 Å². The third kappa shape index (κ3) is 15.8. The molecule has 2 saturated heterocycles. The maximum absolute atomic E-state index is 12.6. The number of carbonyl (C=O) groups excluding carboxylic acids is 2. The van der Waals surface area contributed by atoms with Gasteiger partial charge < -0.3 is 80.1 Å². The average molecular weight is 1030 g/mol. The summed E-state index contributed by atoms with van der Waals surface area (Å²) in [5, 5.41) is 67.5. The quantitative estimate of drug-likeness (QED) is 0.0687. The van der Waals surface area contributed by atoms with Crippen LogP contribution in [0.5, 0.6) is 0 Å². The number of carboxylic acids is 6. The number of fused-ring (bicyclic) bond motifs is 2. The van der Waals surface area contributed by atoms with Gasteiger partial charge in [-0.05, 0) is 36.8 Å². The van der Waals surface area contributed by atoms with Crippen LogP contribution in [0.2, 0.25) is 0 Å². The summed E-state index contributed by atoms with van der Waals surface area (Å²) in [6, 6.07) is -4.41. The van der Waals surface area contributed by atoms with Gasteiger partial charge in [0.1, 0.15) is 38.3 Å². The van der Waals surface area contributed by atoms with Gasteiger partial charge in [-0.15, -0.1) is 0 Å². The lowest BCUT2D eigenvalue weighted by Crippen LogP contribution is -2.53. The molecule has 0 radical (unpaired) electrons. The Balaban J connectivity index is 0.000000359. The first kappa shape index (κ1) is 32.4. The zero-order valence-electron chi connectivity index (χ0n) is 58.7. The summed E-state index contributed by atoms with van der Waals surface area (Å²) in [7, 11) is 0. The number of likely N-dealkylation sites (tertiary alicyclic amines) is 2. The molecule has 0 unspecified atom stereocenters. The molecule has 2 aliphatic rings. The van der Waals surface area contributed by atoms with Gasteiger partial charge >= 0.3 is 47.6 Å². The zero-order chi connectivity index (χ0) is 73.1. The highest BCUT2D eigenvalue weighted by Crippen LogP contribution is 2.30. The van der Waals surface area contributed by atoms with Gasteiger partial charge in [-0.1, -0.05) is 13.7 Å². The highest BCUT2D eigenvalue weighted by atomic mass is 16.4. The molecule has 28 heteroatoms. The summed E-state index contributed by atoms with van der Waals surface area (Å²) in [6.07, 6.45) is -4.91. The van der Waals surface area contributed by atoms with Crippen LogP contribution in [0.1, 0.15) is 82.4 Å². The second-order valence-electron chi connectivity index (χ2n) is 14.5. The Kier molecular flexibility index (Phi) is 11.7. The largest absolute Gasteiger partial charge is 0.481 e.